The fraction of sp³-hybridized carbons (Fsp3) is 0.286. The quantitative estimate of drug-likeness (QED) is 0.0255. The highest BCUT2D eigenvalue weighted by molar-refractivity contribution is 6.14. The number of hydrogen-bond donors (Lipinski definition) is 5. The van der Waals surface area contributed by atoms with E-state index in [1.165, 1.54) is 0 Å². The standard InChI is InChI=1S/C35H45BFN5O/c1-24(42(34(2,3)36)35(4,5)43)10-9-21-41-23-25-13-15-27(16-14-25)32(28-17-18-31(38)30(22-28)33(39)40)29(19-20-37)26-11-7-6-8-12-26/h6-18,22,41,43H,1,19-21,23,36,38H2,2-5H3,(H3,39,40)/b10-9+,32-29+. The van der Waals surface area contributed by atoms with Crippen LogP contribution in [0.3, 0.4) is 0 Å². The lowest BCUT2D eigenvalue weighted by molar-refractivity contribution is -0.0802. The van der Waals surface area contributed by atoms with Gasteiger partial charge in [-0.3, -0.25) is 9.80 Å². The van der Waals surface area contributed by atoms with Gasteiger partial charge in [0.2, 0.25) is 0 Å². The highest BCUT2D eigenvalue weighted by atomic mass is 19.1. The molecule has 226 valence electrons. The van der Waals surface area contributed by atoms with Gasteiger partial charge in [-0.25, -0.2) is 0 Å². The molecule has 0 aromatic heterocycles. The van der Waals surface area contributed by atoms with Crippen LogP contribution in [0.4, 0.5) is 10.1 Å². The summed E-state index contributed by atoms with van der Waals surface area (Å²) in [5.74, 6) is -0.115. The van der Waals surface area contributed by atoms with E-state index in [9.17, 15) is 9.50 Å². The number of nitrogens with zero attached hydrogens (tertiary/aromatic N) is 1. The van der Waals surface area contributed by atoms with Gasteiger partial charge in [0.15, 0.2) is 0 Å². The maximum Gasteiger partial charge on any atom is 0.134 e. The number of nitrogen functional groups attached to an aromatic ring is 2. The second-order valence-electron chi connectivity index (χ2n) is 12.1. The van der Waals surface area contributed by atoms with Crippen LogP contribution in [0, 0.1) is 5.41 Å². The molecule has 0 aliphatic carbocycles. The number of amidine groups is 1. The predicted octanol–water partition coefficient (Wildman–Crippen LogP) is 5.43. The number of alkyl halides is 1. The molecule has 3 rings (SSSR count). The summed E-state index contributed by atoms with van der Waals surface area (Å²) >= 11 is 0. The summed E-state index contributed by atoms with van der Waals surface area (Å²) in [4.78, 5) is 1.90. The molecule has 3 aromatic carbocycles. The zero-order valence-corrected chi connectivity index (χ0v) is 26.0. The van der Waals surface area contributed by atoms with Gasteiger partial charge in [-0.2, -0.15) is 0 Å². The summed E-state index contributed by atoms with van der Waals surface area (Å²) in [5, 5.41) is 22.0. The molecular formula is C35H45BFN5O. The molecule has 0 radical (unpaired) electrons. The first-order chi connectivity index (χ1) is 20.2. The first-order valence-electron chi connectivity index (χ1n) is 14.5. The van der Waals surface area contributed by atoms with Crippen molar-refractivity contribution in [2.75, 3.05) is 19.0 Å². The lowest BCUT2D eigenvalue weighted by atomic mass is 9.78. The Morgan fingerprint density at radius 1 is 1.02 bits per heavy atom. The van der Waals surface area contributed by atoms with E-state index >= 15 is 0 Å². The third kappa shape index (κ3) is 8.93. The normalized spacial score (nSPS) is 12.7. The molecule has 43 heavy (non-hydrogen) atoms. The predicted molar refractivity (Wildman–Crippen MR) is 182 cm³/mol. The largest absolute Gasteiger partial charge is 0.398 e. The van der Waals surface area contributed by atoms with E-state index in [0.29, 0.717) is 24.3 Å². The Hall–Kier alpha value is -4.14. The van der Waals surface area contributed by atoms with E-state index < -0.39 is 12.4 Å². The summed E-state index contributed by atoms with van der Waals surface area (Å²) in [7, 11) is 2.04. The van der Waals surface area contributed by atoms with Gasteiger partial charge in [-0.05, 0) is 79.3 Å². The molecule has 0 saturated carbocycles. The van der Waals surface area contributed by atoms with Crippen molar-refractivity contribution in [1.29, 1.82) is 5.41 Å². The highest BCUT2D eigenvalue weighted by Crippen LogP contribution is 2.36. The van der Waals surface area contributed by atoms with Crippen LogP contribution in [0.2, 0.25) is 0 Å². The van der Waals surface area contributed by atoms with E-state index in [0.717, 1.165) is 39.1 Å². The first kappa shape index (κ1) is 33.4. The maximum absolute atomic E-state index is 13.9. The van der Waals surface area contributed by atoms with Crippen molar-refractivity contribution in [2.24, 2.45) is 5.73 Å². The molecule has 0 saturated heterocycles. The zero-order chi connectivity index (χ0) is 31.8. The minimum Gasteiger partial charge on any atom is -0.398 e. The van der Waals surface area contributed by atoms with E-state index in [2.05, 4.69) is 24.0 Å². The summed E-state index contributed by atoms with van der Waals surface area (Å²) in [5.41, 5.74) is 17.7. The fourth-order valence-corrected chi connectivity index (χ4v) is 5.57. The molecule has 0 amide bonds. The number of hydrogen-bond acceptors (Lipinski definition) is 5. The van der Waals surface area contributed by atoms with Gasteiger partial charge in [0.05, 0.1) is 6.67 Å². The zero-order valence-electron chi connectivity index (χ0n) is 26.0. The number of rotatable bonds is 14. The number of allylic oxidation sites excluding steroid dienone is 2. The molecule has 0 aliphatic heterocycles. The molecule has 0 fully saturated rings. The van der Waals surface area contributed by atoms with Crippen molar-refractivity contribution in [3.05, 3.63) is 125 Å². The van der Waals surface area contributed by atoms with Crippen LogP contribution in [0.25, 0.3) is 11.1 Å². The topological polar surface area (TPSA) is 111 Å². The molecule has 0 bridgehead atoms. The number of nitrogens with one attached hydrogen (secondary N) is 2. The lowest BCUT2D eigenvalue weighted by Crippen LogP contribution is -2.54. The second kappa shape index (κ2) is 14.4. The van der Waals surface area contributed by atoms with Crippen LogP contribution in [-0.2, 0) is 6.54 Å². The molecular weight excluding hydrogens is 536 g/mol. The van der Waals surface area contributed by atoms with Crippen LogP contribution < -0.4 is 16.8 Å². The van der Waals surface area contributed by atoms with Gasteiger partial charge in [0.25, 0.3) is 0 Å². The number of anilines is 1. The number of nitrogens with two attached hydrogens (primary N) is 2. The molecule has 0 atom stereocenters. The van der Waals surface area contributed by atoms with Gasteiger partial charge in [0.1, 0.15) is 19.4 Å². The SMILES string of the molecule is BC(C)(C)N(C(=C)/C=C/CNCc1ccc(/C(=C(/CCF)c2ccccc2)c2ccc(N)c(C(=N)N)c2)cc1)C(C)(C)O. The molecule has 6 nitrogen and oxygen atoms in total. The summed E-state index contributed by atoms with van der Waals surface area (Å²) in [6.45, 7) is 12.5. The van der Waals surface area contributed by atoms with Crippen molar-refractivity contribution in [3.63, 3.8) is 0 Å². The fourth-order valence-electron chi connectivity index (χ4n) is 5.57. The van der Waals surface area contributed by atoms with E-state index in [1.54, 1.807) is 19.9 Å². The van der Waals surface area contributed by atoms with Crippen molar-refractivity contribution in [1.82, 2.24) is 10.2 Å². The Balaban J connectivity index is 1.86. The number of halogens is 1. The monoisotopic (exact) mass is 581 g/mol. The average molecular weight is 582 g/mol. The van der Waals surface area contributed by atoms with Crippen LogP contribution in [0.1, 0.15) is 61.9 Å². The van der Waals surface area contributed by atoms with Gasteiger partial charge in [-0.1, -0.05) is 73.3 Å². The summed E-state index contributed by atoms with van der Waals surface area (Å²) < 4.78 is 13.9. The highest BCUT2D eigenvalue weighted by Gasteiger charge is 2.32. The molecule has 7 N–H and O–H groups in total. The van der Waals surface area contributed by atoms with Gasteiger partial charge in [-0.15, -0.1) is 0 Å². The molecule has 8 heteroatoms. The third-order valence-electron chi connectivity index (χ3n) is 7.05. The molecule has 3 aromatic rings. The van der Waals surface area contributed by atoms with E-state index in [-0.39, 0.29) is 17.7 Å². The number of benzene rings is 3. The van der Waals surface area contributed by atoms with Gasteiger partial charge < -0.3 is 26.8 Å². The second-order valence-corrected chi connectivity index (χ2v) is 12.1. The van der Waals surface area contributed by atoms with Crippen molar-refractivity contribution < 1.29 is 9.50 Å². The maximum atomic E-state index is 13.9. The summed E-state index contributed by atoms with van der Waals surface area (Å²) in [6, 6.07) is 23.4. The minimum absolute atomic E-state index is 0.115. The minimum atomic E-state index is -1.04. The Labute approximate surface area is 256 Å². The smallest absolute Gasteiger partial charge is 0.134 e. The molecule has 0 aliphatic rings. The van der Waals surface area contributed by atoms with Crippen LogP contribution in [0.5, 0.6) is 0 Å². The van der Waals surface area contributed by atoms with Crippen LogP contribution >= 0.6 is 0 Å². The Morgan fingerprint density at radius 3 is 2.21 bits per heavy atom. The summed E-state index contributed by atoms with van der Waals surface area (Å²) in [6.07, 6.45) is 4.16. The van der Waals surface area contributed by atoms with Crippen LogP contribution in [0.15, 0.2) is 97.2 Å². The third-order valence-corrected chi connectivity index (χ3v) is 7.05. The number of aliphatic hydroxyl groups is 1. The lowest BCUT2D eigenvalue weighted by Gasteiger charge is -2.46. The first-order valence-corrected chi connectivity index (χ1v) is 14.5. The van der Waals surface area contributed by atoms with Crippen molar-refractivity contribution in [3.8, 4) is 0 Å². The van der Waals surface area contributed by atoms with Crippen LogP contribution in [-0.4, -0.2) is 48.1 Å². The molecule has 0 spiro atoms. The molecule has 0 unspecified atom stereocenters. The van der Waals surface area contributed by atoms with Gasteiger partial charge in [0, 0.05) is 41.9 Å². The van der Waals surface area contributed by atoms with Crippen molar-refractivity contribution >= 4 is 30.5 Å². The Bertz CT molecular complexity index is 1450. The molecule has 0 heterocycles. The van der Waals surface area contributed by atoms with E-state index in [4.69, 9.17) is 16.9 Å². The van der Waals surface area contributed by atoms with Crippen molar-refractivity contribution in [2.45, 2.75) is 51.8 Å². The Kier molecular flexibility index (Phi) is 11.1. The Morgan fingerprint density at radius 2 is 1.65 bits per heavy atom. The van der Waals surface area contributed by atoms with E-state index in [1.807, 2.05) is 93.3 Å². The van der Waals surface area contributed by atoms with Gasteiger partial charge >= 0.3 is 0 Å². The average Bonchev–Trinajstić information content (AvgIpc) is 2.93.